The molecule has 0 saturated heterocycles. The molecule has 2 aromatic heterocycles. The number of benzene rings is 1. The predicted molar refractivity (Wildman–Crippen MR) is 87.9 cm³/mol. The zero-order valence-electron chi connectivity index (χ0n) is 12.4. The fourth-order valence-corrected chi connectivity index (χ4v) is 2.68. The van der Waals surface area contributed by atoms with Crippen LogP contribution in [0.25, 0.3) is 22.2 Å². The maximum absolute atomic E-state index is 12.6. The molecule has 0 radical (unpaired) electrons. The maximum atomic E-state index is 12.6. The number of phenols is 1. The Kier molecular flexibility index (Phi) is 3.33. The summed E-state index contributed by atoms with van der Waals surface area (Å²) in [5.74, 6) is 0.167. The second-order valence-corrected chi connectivity index (χ2v) is 5.48. The Morgan fingerprint density at radius 2 is 1.86 bits per heavy atom. The van der Waals surface area contributed by atoms with Crippen molar-refractivity contribution in [3.8, 4) is 16.9 Å². The minimum atomic E-state index is -0.246. The molecule has 0 spiro atoms. The molecule has 2 heterocycles. The van der Waals surface area contributed by atoms with Crippen LogP contribution in [0, 0.1) is 0 Å². The number of nitrogens with zero attached hydrogens (tertiary/aromatic N) is 2. The molecule has 0 fully saturated rings. The molecule has 3 rings (SSSR count). The average Bonchev–Trinajstić information content (AvgIpc) is 2.50. The third kappa shape index (κ3) is 2.11. The summed E-state index contributed by atoms with van der Waals surface area (Å²) in [6.45, 7) is 3.85. The van der Waals surface area contributed by atoms with Crippen LogP contribution in [-0.4, -0.2) is 14.7 Å². The molecule has 22 heavy (non-hydrogen) atoms. The van der Waals surface area contributed by atoms with Gasteiger partial charge in [0, 0.05) is 23.2 Å². The minimum absolute atomic E-state index is 0.0407. The predicted octanol–water partition coefficient (Wildman–Crippen LogP) is 2.93. The van der Waals surface area contributed by atoms with Crippen molar-refractivity contribution in [3.05, 3.63) is 52.9 Å². The lowest BCUT2D eigenvalue weighted by molar-refractivity contribution is 0.475. The third-order valence-corrected chi connectivity index (χ3v) is 3.68. The van der Waals surface area contributed by atoms with Gasteiger partial charge in [-0.3, -0.25) is 9.36 Å². The highest BCUT2D eigenvalue weighted by Gasteiger charge is 2.18. The maximum Gasteiger partial charge on any atom is 0.276 e. The number of aromatic nitrogens is 2. The highest BCUT2D eigenvalue weighted by atomic mass is 16.3. The van der Waals surface area contributed by atoms with Gasteiger partial charge in [-0.25, -0.2) is 4.98 Å². The van der Waals surface area contributed by atoms with E-state index in [0.29, 0.717) is 11.2 Å². The zero-order valence-corrected chi connectivity index (χ0v) is 12.4. The first-order valence-electron chi connectivity index (χ1n) is 7.09. The molecule has 5 heteroatoms. The molecule has 0 bridgehead atoms. The summed E-state index contributed by atoms with van der Waals surface area (Å²) in [6.07, 6.45) is 1.66. The van der Waals surface area contributed by atoms with E-state index in [1.807, 2.05) is 26.0 Å². The second-order valence-electron chi connectivity index (χ2n) is 5.48. The fraction of sp³-hybridized carbons (Fsp3) is 0.176. The Labute approximate surface area is 127 Å². The Morgan fingerprint density at radius 3 is 2.50 bits per heavy atom. The Balaban J connectivity index is 2.46. The minimum Gasteiger partial charge on any atom is -0.508 e. The highest BCUT2D eigenvalue weighted by Crippen LogP contribution is 2.32. The number of pyridine rings is 2. The first-order chi connectivity index (χ1) is 10.5. The molecule has 0 atom stereocenters. The standard InChI is InChI=1S/C17H17N3O2/c1-10(2)20-16-13(4-3-9-19-16)14(15(18)17(20)22)11-5-7-12(21)8-6-11/h3-10,21H,18H2,1-2H3. The number of rotatable bonds is 2. The van der Waals surface area contributed by atoms with Crippen molar-refractivity contribution in [3.63, 3.8) is 0 Å². The molecule has 0 aliphatic rings. The summed E-state index contributed by atoms with van der Waals surface area (Å²) < 4.78 is 1.61. The number of nitrogen functional groups attached to an aromatic ring is 1. The van der Waals surface area contributed by atoms with Gasteiger partial charge < -0.3 is 10.8 Å². The van der Waals surface area contributed by atoms with Crippen LogP contribution in [0.3, 0.4) is 0 Å². The summed E-state index contributed by atoms with van der Waals surface area (Å²) in [4.78, 5) is 17.0. The van der Waals surface area contributed by atoms with E-state index in [1.165, 1.54) is 0 Å². The first kappa shape index (κ1) is 14.1. The number of nitrogens with two attached hydrogens (primary N) is 1. The summed E-state index contributed by atoms with van der Waals surface area (Å²) in [7, 11) is 0. The number of phenolic OH excluding ortho intramolecular Hbond substituents is 1. The van der Waals surface area contributed by atoms with Crippen LogP contribution in [0.5, 0.6) is 5.75 Å². The van der Waals surface area contributed by atoms with Crippen LogP contribution in [0.1, 0.15) is 19.9 Å². The lowest BCUT2D eigenvalue weighted by Crippen LogP contribution is -2.26. The molecular formula is C17H17N3O2. The van der Waals surface area contributed by atoms with E-state index in [0.717, 1.165) is 10.9 Å². The zero-order chi connectivity index (χ0) is 15.9. The van der Waals surface area contributed by atoms with Crippen molar-refractivity contribution in [2.75, 3.05) is 5.73 Å². The van der Waals surface area contributed by atoms with E-state index < -0.39 is 0 Å². The molecule has 0 aliphatic heterocycles. The number of anilines is 1. The van der Waals surface area contributed by atoms with Crippen molar-refractivity contribution >= 4 is 16.7 Å². The molecule has 3 aromatic rings. The molecule has 5 nitrogen and oxygen atoms in total. The summed E-state index contributed by atoms with van der Waals surface area (Å²) in [5.41, 5.74) is 8.13. The van der Waals surface area contributed by atoms with Gasteiger partial charge in [0.2, 0.25) is 0 Å². The van der Waals surface area contributed by atoms with Crippen LogP contribution in [0.2, 0.25) is 0 Å². The average molecular weight is 295 g/mol. The van der Waals surface area contributed by atoms with Gasteiger partial charge in [0.1, 0.15) is 17.1 Å². The van der Waals surface area contributed by atoms with E-state index in [4.69, 9.17) is 5.73 Å². The molecule has 3 N–H and O–H groups in total. The molecule has 112 valence electrons. The lowest BCUT2D eigenvalue weighted by atomic mass is 10.0. The SMILES string of the molecule is CC(C)n1c(=O)c(N)c(-c2ccc(O)cc2)c2cccnc21. The molecule has 0 aliphatic carbocycles. The van der Waals surface area contributed by atoms with Gasteiger partial charge in [0.15, 0.2) is 0 Å². The van der Waals surface area contributed by atoms with E-state index in [2.05, 4.69) is 4.98 Å². The summed E-state index contributed by atoms with van der Waals surface area (Å²) in [6, 6.07) is 10.3. The normalized spacial score (nSPS) is 11.2. The van der Waals surface area contributed by atoms with E-state index in [-0.39, 0.29) is 23.0 Å². The van der Waals surface area contributed by atoms with Crippen molar-refractivity contribution in [1.29, 1.82) is 0 Å². The largest absolute Gasteiger partial charge is 0.508 e. The van der Waals surface area contributed by atoms with Gasteiger partial charge in [-0.1, -0.05) is 12.1 Å². The van der Waals surface area contributed by atoms with Gasteiger partial charge in [-0.15, -0.1) is 0 Å². The van der Waals surface area contributed by atoms with Gasteiger partial charge in [-0.05, 0) is 43.7 Å². The number of hydrogen-bond acceptors (Lipinski definition) is 4. The molecular weight excluding hydrogens is 278 g/mol. The van der Waals surface area contributed by atoms with E-state index in [1.54, 1.807) is 35.0 Å². The summed E-state index contributed by atoms with van der Waals surface area (Å²) >= 11 is 0. The van der Waals surface area contributed by atoms with Gasteiger partial charge in [0.25, 0.3) is 5.56 Å². The number of hydrogen-bond donors (Lipinski definition) is 2. The lowest BCUT2D eigenvalue weighted by Gasteiger charge is -2.17. The van der Waals surface area contributed by atoms with Gasteiger partial charge >= 0.3 is 0 Å². The third-order valence-electron chi connectivity index (χ3n) is 3.68. The monoisotopic (exact) mass is 295 g/mol. The second kappa shape index (κ2) is 5.18. The van der Waals surface area contributed by atoms with Crippen LogP contribution >= 0.6 is 0 Å². The van der Waals surface area contributed by atoms with Crippen LogP contribution in [0.4, 0.5) is 5.69 Å². The van der Waals surface area contributed by atoms with Crippen LogP contribution < -0.4 is 11.3 Å². The van der Waals surface area contributed by atoms with Crippen LogP contribution in [-0.2, 0) is 0 Å². The van der Waals surface area contributed by atoms with Crippen molar-refractivity contribution in [1.82, 2.24) is 9.55 Å². The quantitative estimate of drug-likeness (QED) is 0.761. The number of aromatic hydroxyl groups is 1. The van der Waals surface area contributed by atoms with Gasteiger partial charge in [0.05, 0.1) is 0 Å². The van der Waals surface area contributed by atoms with E-state index >= 15 is 0 Å². The van der Waals surface area contributed by atoms with Crippen molar-refractivity contribution in [2.45, 2.75) is 19.9 Å². The van der Waals surface area contributed by atoms with Crippen LogP contribution in [0.15, 0.2) is 47.4 Å². The fourth-order valence-electron chi connectivity index (χ4n) is 2.68. The number of fused-ring (bicyclic) bond motifs is 1. The topological polar surface area (TPSA) is 81.1 Å². The highest BCUT2D eigenvalue weighted by molar-refractivity contribution is 5.98. The Hall–Kier alpha value is -2.82. The summed E-state index contributed by atoms with van der Waals surface area (Å²) in [5, 5.41) is 10.3. The van der Waals surface area contributed by atoms with Gasteiger partial charge in [-0.2, -0.15) is 0 Å². The molecule has 1 aromatic carbocycles. The first-order valence-corrected chi connectivity index (χ1v) is 7.09. The molecule has 0 unspecified atom stereocenters. The molecule has 0 amide bonds. The van der Waals surface area contributed by atoms with Crippen molar-refractivity contribution in [2.24, 2.45) is 0 Å². The van der Waals surface area contributed by atoms with E-state index in [9.17, 15) is 9.90 Å². The smallest absolute Gasteiger partial charge is 0.276 e. The Bertz CT molecular complexity index is 896. The van der Waals surface area contributed by atoms with Crippen molar-refractivity contribution < 1.29 is 5.11 Å². The molecule has 0 saturated carbocycles. The Morgan fingerprint density at radius 1 is 1.18 bits per heavy atom.